The third kappa shape index (κ3) is 4.93. The summed E-state index contributed by atoms with van der Waals surface area (Å²) >= 11 is 0. The molecule has 2 aromatic carbocycles. The minimum Gasteiger partial charge on any atom is -0.399 e. The molecule has 0 bridgehead atoms. The number of nitrogen functional groups attached to an aromatic ring is 1. The zero-order chi connectivity index (χ0) is 12.8. The summed E-state index contributed by atoms with van der Waals surface area (Å²) in [4.78, 5) is 0. The van der Waals surface area contributed by atoms with Crippen LogP contribution >= 0.6 is 24.8 Å². The summed E-state index contributed by atoms with van der Waals surface area (Å²) in [5, 5.41) is 3.36. The molecule has 0 aliphatic rings. The minimum absolute atomic E-state index is 0. The standard InChI is InChI=1S/C15H18N2O.2ClH/c1-18-10-9-17-15-8-7-13(16)11-14(15)12-5-3-2-4-6-12;;/h2-8,11,17H,9-10,16H2,1H3;2*1H. The van der Waals surface area contributed by atoms with Crippen LogP contribution < -0.4 is 11.1 Å². The van der Waals surface area contributed by atoms with E-state index in [9.17, 15) is 0 Å². The maximum Gasteiger partial charge on any atom is 0.0635 e. The summed E-state index contributed by atoms with van der Waals surface area (Å²) in [5.41, 5.74) is 9.99. The second kappa shape index (κ2) is 9.48. The van der Waals surface area contributed by atoms with E-state index >= 15 is 0 Å². The van der Waals surface area contributed by atoms with Crippen molar-refractivity contribution in [2.24, 2.45) is 0 Å². The Balaban J connectivity index is 0.00000180. The molecule has 0 spiro atoms. The lowest BCUT2D eigenvalue weighted by atomic mass is 10.0. The molecule has 2 aromatic rings. The van der Waals surface area contributed by atoms with Gasteiger partial charge in [-0.2, -0.15) is 0 Å². The monoisotopic (exact) mass is 314 g/mol. The lowest BCUT2D eigenvalue weighted by Crippen LogP contribution is -2.08. The van der Waals surface area contributed by atoms with Gasteiger partial charge in [0.1, 0.15) is 0 Å². The topological polar surface area (TPSA) is 47.3 Å². The maximum atomic E-state index is 5.87. The van der Waals surface area contributed by atoms with E-state index in [1.165, 1.54) is 0 Å². The Kier molecular flexibility index (Phi) is 8.81. The maximum absolute atomic E-state index is 5.87. The second-order valence-electron chi connectivity index (χ2n) is 4.09. The van der Waals surface area contributed by atoms with Crippen molar-refractivity contribution >= 4 is 36.2 Å². The SMILES string of the molecule is COCCNc1ccc(N)cc1-c1ccccc1.Cl.Cl. The Morgan fingerprint density at radius 2 is 1.75 bits per heavy atom. The molecule has 2 rings (SSSR count). The van der Waals surface area contributed by atoms with Crippen molar-refractivity contribution in [2.75, 3.05) is 31.3 Å². The fraction of sp³-hybridized carbons (Fsp3) is 0.200. The van der Waals surface area contributed by atoms with Gasteiger partial charge in [0.2, 0.25) is 0 Å². The number of ether oxygens (including phenoxy) is 1. The van der Waals surface area contributed by atoms with Crippen molar-refractivity contribution in [1.29, 1.82) is 0 Å². The van der Waals surface area contributed by atoms with Gasteiger partial charge in [-0.3, -0.25) is 0 Å². The number of anilines is 2. The zero-order valence-corrected chi connectivity index (χ0v) is 13.0. The first-order chi connectivity index (χ1) is 8.81. The van der Waals surface area contributed by atoms with Crippen LogP contribution in [0.3, 0.4) is 0 Å². The molecule has 20 heavy (non-hydrogen) atoms. The average molecular weight is 315 g/mol. The number of nitrogens with one attached hydrogen (secondary N) is 1. The van der Waals surface area contributed by atoms with Crippen LogP contribution in [0, 0.1) is 0 Å². The van der Waals surface area contributed by atoms with E-state index < -0.39 is 0 Å². The van der Waals surface area contributed by atoms with Crippen molar-refractivity contribution in [3.8, 4) is 11.1 Å². The molecular weight excluding hydrogens is 295 g/mol. The minimum atomic E-state index is 0. The van der Waals surface area contributed by atoms with E-state index in [1.54, 1.807) is 7.11 Å². The van der Waals surface area contributed by atoms with Crippen LogP contribution in [0.25, 0.3) is 11.1 Å². The number of hydrogen-bond acceptors (Lipinski definition) is 3. The predicted octanol–water partition coefficient (Wildman–Crippen LogP) is 3.84. The largest absolute Gasteiger partial charge is 0.399 e. The molecular formula is C15H20Cl2N2O. The Morgan fingerprint density at radius 1 is 1.05 bits per heavy atom. The molecule has 0 saturated heterocycles. The summed E-state index contributed by atoms with van der Waals surface area (Å²) in [6.45, 7) is 1.46. The quantitative estimate of drug-likeness (QED) is 0.651. The fourth-order valence-corrected chi connectivity index (χ4v) is 1.86. The first-order valence-electron chi connectivity index (χ1n) is 5.99. The Bertz CT molecular complexity index is 506. The highest BCUT2D eigenvalue weighted by molar-refractivity contribution is 5.85. The number of methoxy groups -OCH3 is 1. The number of benzene rings is 2. The molecule has 3 nitrogen and oxygen atoms in total. The molecule has 0 radical (unpaired) electrons. The van der Waals surface area contributed by atoms with Gasteiger partial charge in [-0.1, -0.05) is 30.3 Å². The highest BCUT2D eigenvalue weighted by Gasteiger charge is 2.04. The first kappa shape index (κ1) is 18.6. The molecule has 0 unspecified atom stereocenters. The molecule has 0 amide bonds. The Morgan fingerprint density at radius 3 is 2.40 bits per heavy atom. The van der Waals surface area contributed by atoms with E-state index in [-0.39, 0.29) is 24.8 Å². The molecule has 110 valence electrons. The normalized spacial score (nSPS) is 9.25. The van der Waals surface area contributed by atoms with Crippen LogP contribution in [0.2, 0.25) is 0 Å². The highest BCUT2D eigenvalue weighted by Crippen LogP contribution is 2.29. The van der Waals surface area contributed by atoms with Gasteiger partial charge < -0.3 is 15.8 Å². The average Bonchev–Trinajstić information content (AvgIpc) is 2.41. The van der Waals surface area contributed by atoms with Crippen LogP contribution in [0.5, 0.6) is 0 Å². The van der Waals surface area contributed by atoms with E-state index in [2.05, 4.69) is 17.4 Å². The Hall–Kier alpha value is -1.42. The van der Waals surface area contributed by atoms with Gasteiger partial charge in [0.15, 0.2) is 0 Å². The lowest BCUT2D eigenvalue weighted by molar-refractivity contribution is 0.211. The van der Waals surface area contributed by atoms with Crippen LogP contribution in [0.15, 0.2) is 48.5 Å². The van der Waals surface area contributed by atoms with Gasteiger partial charge >= 0.3 is 0 Å². The van der Waals surface area contributed by atoms with Gasteiger partial charge in [0.25, 0.3) is 0 Å². The van der Waals surface area contributed by atoms with E-state index in [1.807, 2.05) is 36.4 Å². The number of rotatable bonds is 5. The van der Waals surface area contributed by atoms with Gasteiger partial charge in [0, 0.05) is 30.6 Å². The van der Waals surface area contributed by atoms with Gasteiger partial charge in [-0.05, 0) is 23.8 Å². The molecule has 5 heteroatoms. The van der Waals surface area contributed by atoms with Crippen LogP contribution in [0.1, 0.15) is 0 Å². The summed E-state index contributed by atoms with van der Waals surface area (Å²) in [6, 6.07) is 16.1. The molecule has 0 saturated carbocycles. The Labute approximate surface area is 132 Å². The van der Waals surface area contributed by atoms with Gasteiger partial charge in [-0.15, -0.1) is 24.8 Å². The van der Waals surface area contributed by atoms with E-state index in [0.29, 0.717) is 6.61 Å². The molecule has 0 aromatic heterocycles. The van der Waals surface area contributed by atoms with Crippen LogP contribution in [0.4, 0.5) is 11.4 Å². The van der Waals surface area contributed by atoms with Crippen molar-refractivity contribution in [3.05, 3.63) is 48.5 Å². The van der Waals surface area contributed by atoms with E-state index in [4.69, 9.17) is 10.5 Å². The lowest BCUT2D eigenvalue weighted by Gasteiger charge is -2.13. The molecule has 0 aliphatic carbocycles. The van der Waals surface area contributed by atoms with Crippen molar-refractivity contribution in [1.82, 2.24) is 0 Å². The number of hydrogen-bond donors (Lipinski definition) is 2. The molecule has 0 aliphatic heterocycles. The van der Waals surface area contributed by atoms with Gasteiger partial charge in [-0.25, -0.2) is 0 Å². The van der Waals surface area contributed by atoms with Crippen molar-refractivity contribution in [3.63, 3.8) is 0 Å². The van der Waals surface area contributed by atoms with Crippen molar-refractivity contribution in [2.45, 2.75) is 0 Å². The molecule has 0 atom stereocenters. The highest BCUT2D eigenvalue weighted by atomic mass is 35.5. The molecule has 0 heterocycles. The van der Waals surface area contributed by atoms with Gasteiger partial charge in [0.05, 0.1) is 6.61 Å². The second-order valence-corrected chi connectivity index (χ2v) is 4.09. The summed E-state index contributed by atoms with van der Waals surface area (Å²) in [7, 11) is 1.70. The molecule has 3 N–H and O–H groups in total. The summed E-state index contributed by atoms with van der Waals surface area (Å²) in [5.74, 6) is 0. The van der Waals surface area contributed by atoms with E-state index in [0.717, 1.165) is 29.0 Å². The molecule has 0 fully saturated rings. The van der Waals surface area contributed by atoms with Crippen LogP contribution in [-0.2, 0) is 4.74 Å². The number of nitrogens with two attached hydrogens (primary N) is 1. The third-order valence-corrected chi connectivity index (χ3v) is 2.75. The van der Waals surface area contributed by atoms with Crippen molar-refractivity contribution < 1.29 is 4.74 Å². The predicted molar refractivity (Wildman–Crippen MR) is 91.2 cm³/mol. The number of halogens is 2. The first-order valence-corrected chi connectivity index (χ1v) is 5.99. The fourth-order valence-electron chi connectivity index (χ4n) is 1.86. The zero-order valence-electron chi connectivity index (χ0n) is 11.3. The third-order valence-electron chi connectivity index (χ3n) is 2.75. The van der Waals surface area contributed by atoms with Crippen LogP contribution in [-0.4, -0.2) is 20.3 Å². The summed E-state index contributed by atoms with van der Waals surface area (Å²) in [6.07, 6.45) is 0. The summed E-state index contributed by atoms with van der Waals surface area (Å²) < 4.78 is 5.05. The smallest absolute Gasteiger partial charge is 0.0635 e.